The van der Waals surface area contributed by atoms with Crippen molar-refractivity contribution in [2.24, 2.45) is 0 Å². The molecule has 2 aromatic rings. The molecule has 0 saturated carbocycles. The minimum atomic E-state index is -0.696. The summed E-state index contributed by atoms with van der Waals surface area (Å²) in [5, 5.41) is 5.65. The molecule has 0 atom stereocenters. The summed E-state index contributed by atoms with van der Waals surface area (Å²) in [7, 11) is 0. The maximum atomic E-state index is 13.6. The van der Waals surface area contributed by atoms with Crippen molar-refractivity contribution in [3.63, 3.8) is 0 Å². The fourth-order valence-corrected chi connectivity index (χ4v) is 3.38. The molecule has 27 heavy (non-hydrogen) atoms. The first-order valence-electron chi connectivity index (χ1n) is 8.50. The highest BCUT2D eigenvalue weighted by molar-refractivity contribution is 6.36. The number of piperidine rings is 1. The number of rotatable bonds is 3. The molecular weight excluding hydrogens is 392 g/mol. The molecule has 0 bridgehead atoms. The van der Waals surface area contributed by atoms with E-state index in [0.29, 0.717) is 25.9 Å². The fourth-order valence-electron chi connectivity index (χ4n) is 2.91. The van der Waals surface area contributed by atoms with E-state index in [1.165, 1.54) is 6.07 Å². The lowest BCUT2D eigenvalue weighted by Gasteiger charge is -2.32. The molecule has 1 saturated heterocycles. The number of carbonyl (C=O) groups excluding carboxylic acids is 2. The Morgan fingerprint density at radius 2 is 1.70 bits per heavy atom. The van der Waals surface area contributed by atoms with E-state index in [4.69, 9.17) is 23.2 Å². The number of para-hydroxylation sites is 1. The van der Waals surface area contributed by atoms with Crippen LogP contribution in [-0.2, 0) is 0 Å². The van der Waals surface area contributed by atoms with Crippen LogP contribution < -0.4 is 10.6 Å². The highest BCUT2D eigenvalue weighted by atomic mass is 35.5. The van der Waals surface area contributed by atoms with E-state index < -0.39 is 11.7 Å². The van der Waals surface area contributed by atoms with E-state index >= 15 is 0 Å². The van der Waals surface area contributed by atoms with Crippen molar-refractivity contribution < 1.29 is 14.0 Å². The summed E-state index contributed by atoms with van der Waals surface area (Å²) in [5.74, 6) is -1.15. The van der Waals surface area contributed by atoms with Crippen molar-refractivity contribution in [2.75, 3.05) is 18.4 Å². The van der Waals surface area contributed by atoms with Crippen molar-refractivity contribution >= 4 is 40.8 Å². The third-order valence-corrected chi connectivity index (χ3v) is 5.00. The van der Waals surface area contributed by atoms with E-state index in [9.17, 15) is 14.0 Å². The molecule has 2 aromatic carbocycles. The third kappa shape index (κ3) is 4.90. The molecule has 1 aliphatic rings. The number of amides is 3. The zero-order valence-electron chi connectivity index (χ0n) is 14.3. The van der Waals surface area contributed by atoms with Gasteiger partial charge in [-0.1, -0.05) is 41.4 Å². The molecule has 0 radical (unpaired) electrons. The van der Waals surface area contributed by atoms with Gasteiger partial charge in [0, 0.05) is 24.8 Å². The molecule has 0 spiro atoms. The molecule has 1 aliphatic heterocycles. The average molecular weight is 410 g/mol. The van der Waals surface area contributed by atoms with Gasteiger partial charge in [-0.3, -0.25) is 4.79 Å². The van der Waals surface area contributed by atoms with E-state index in [1.807, 2.05) is 30.3 Å². The molecule has 1 heterocycles. The second kappa shape index (κ2) is 8.59. The van der Waals surface area contributed by atoms with Gasteiger partial charge in [-0.25, -0.2) is 9.18 Å². The zero-order chi connectivity index (χ0) is 19.4. The zero-order valence-corrected chi connectivity index (χ0v) is 15.9. The Kier molecular flexibility index (Phi) is 6.19. The van der Waals surface area contributed by atoms with Crippen LogP contribution in [0.4, 0.5) is 14.9 Å². The lowest BCUT2D eigenvalue weighted by atomic mass is 10.0. The van der Waals surface area contributed by atoms with Crippen LogP contribution in [0.25, 0.3) is 0 Å². The number of carbonyl (C=O) groups is 2. The number of nitrogens with zero attached hydrogens (tertiary/aromatic N) is 1. The minimum absolute atomic E-state index is 0.0443. The van der Waals surface area contributed by atoms with E-state index in [-0.39, 0.29) is 27.7 Å². The van der Waals surface area contributed by atoms with Crippen molar-refractivity contribution in [3.8, 4) is 0 Å². The molecule has 142 valence electrons. The smallest absolute Gasteiger partial charge is 0.321 e. The van der Waals surface area contributed by atoms with Crippen molar-refractivity contribution in [2.45, 2.75) is 18.9 Å². The molecular formula is C19H18Cl2FN3O2. The fraction of sp³-hybridized carbons (Fsp3) is 0.263. The Labute approximate surface area is 166 Å². The Balaban J connectivity index is 1.53. The van der Waals surface area contributed by atoms with Gasteiger partial charge in [0.15, 0.2) is 0 Å². The quantitative estimate of drug-likeness (QED) is 0.729. The summed E-state index contributed by atoms with van der Waals surface area (Å²) >= 11 is 11.6. The highest BCUT2D eigenvalue weighted by Crippen LogP contribution is 2.24. The standard InChI is InChI=1S/C19H18Cl2FN3O2/c20-15-11-16(21)17(22)10-14(15)18(26)23-13-6-8-25(9-7-13)19(27)24-12-4-2-1-3-5-12/h1-5,10-11,13H,6-9H2,(H,23,26)(H,24,27). The van der Waals surface area contributed by atoms with Crippen LogP contribution in [0.1, 0.15) is 23.2 Å². The van der Waals surface area contributed by atoms with Gasteiger partial charge in [0.25, 0.3) is 5.91 Å². The first-order chi connectivity index (χ1) is 12.9. The maximum absolute atomic E-state index is 13.6. The van der Waals surface area contributed by atoms with E-state index in [2.05, 4.69) is 10.6 Å². The SMILES string of the molecule is O=C(NC1CCN(C(=O)Nc2ccccc2)CC1)c1cc(F)c(Cl)cc1Cl. The van der Waals surface area contributed by atoms with Gasteiger partial charge in [-0.2, -0.15) is 0 Å². The van der Waals surface area contributed by atoms with Gasteiger partial charge >= 0.3 is 6.03 Å². The van der Waals surface area contributed by atoms with Gasteiger partial charge in [-0.05, 0) is 37.1 Å². The van der Waals surface area contributed by atoms with Crippen LogP contribution in [0.5, 0.6) is 0 Å². The van der Waals surface area contributed by atoms with E-state index in [1.54, 1.807) is 4.90 Å². The van der Waals surface area contributed by atoms with Crippen LogP contribution in [0.15, 0.2) is 42.5 Å². The summed E-state index contributed by atoms with van der Waals surface area (Å²) in [6.45, 7) is 1.01. The molecule has 0 aliphatic carbocycles. The van der Waals surface area contributed by atoms with Crippen molar-refractivity contribution in [1.82, 2.24) is 10.2 Å². The topological polar surface area (TPSA) is 61.4 Å². The second-order valence-electron chi connectivity index (χ2n) is 6.28. The Bertz CT molecular complexity index is 840. The van der Waals surface area contributed by atoms with Crippen LogP contribution in [0, 0.1) is 5.82 Å². The molecule has 3 amide bonds. The lowest BCUT2D eigenvalue weighted by molar-refractivity contribution is 0.0919. The van der Waals surface area contributed by atoms with Crippen molar-refractivity contribution in [1.29, 1.82) is 0 Å². The van der Waals surface area contributed by atoms with Gasteiger partial charge < -0.3 is 15.5 Å². The van der Waals surface area contributed by atoms with Gasteiger partial charge in [-0.15, -0.1) is 0 Å². The highest BCUT2D eigenvalue weighted by Gasteiger charge is 2.25. The summed E-state index contributed by atoms with van der Waals surface area (Å²) in [6, 6.07) is 11.2. The second-order valence-corrected chi connectivity index (χ2v) is 7.09. The number of urea groups is 1. The lowest BCUT2D eigenvalue weighted by Crippen LogP contribution is -2.47. The summed E-state index contributed by atoms with van der Waals surface area (Å²) in [4.78, 5) is 26.3. The van der Waals surface area contributed by atoms with Crippen LogP contribution in [0.2, 0.25) is 10.0 Å². The number of hydrogen-bond donors (Lipinski definition) is 2. The summed E-state index contributed by atoms with van der Waals surface area (Å²) in [5.41, 5.74) is 0.778. The molecule has 2 N–H and O–H groups in total. The molecule has 8 heteroatoms. The Morgan fingerprint density at radius 1 is 1.04 bits per heavy atom. The minimum Gasteiger partial charge on any atom is -0.349 e. The van der Waals surface area contributed by atoms with Gasteiger partial charge in [0.1, 0.15) is 5.82 Å². The predicted molar refractivity (Wildman–Crippen MR) is 104 cm³/mol. The molecule has 0 aromatic heterocycles. The monoisotopic (exact) mass is 409 g/mol. The molecule has 1 fully saturated rings. The molecule has 3 rings (SSSR count). The van der Waals surface area contributed by atoms with Gasteiger partial charge in [0.2, 0.25) is 0 Å². The number of halogens is 3. The number of hydrogen-bond acceptors (Lipinski definition) is 2. The Hall–Kier alpha value is -2.31. The number of likely N-dealkylation sites (tertiary alicyclic amines) is 1. The van der Waals surface area contributed by atoms with Crippen molar-refractivity contribution in [3.05, 3.63) is 63.9 Å². The van der Waals surface area contributed by atoms with E-state index in [0.717, 1.165) is 11.8 Å². The number of benzene rings is 2. The van der Waals surface area contributed by atoms with Crippen LogP contribution in [-0.4, -0.2) is 36.0 Å². The summed E-state index contributed by atoms with van der Waals surface area (Å²) < 4.78 is 13.6. The van der Waals surface area contributed by atoms with Crippen LogP contribution in [0.3, 0.4) is 0 Å². The van der Waals surface area contributed by atoms with Gasteiger partial charge in [0.05, 0.1) is 15.6 Å². The summed E-state index contributed by atoms with van der Waals surface area (Å²) in [6.07, 6.45) is 1.20. The maximum Gasteiger partial charge on any atom is 0.321 e. The number of nitrogens with one attached hydrogen (secondary N) is 2. The van der Waals surface area contributed by atoms with Crippen LogP contribution >= 0.6 is 23.2 Å². The molecule has 0 unspecified atom stereocenters. The largest absolute Gasteiger partial charge is 0.349 e. The first kappa shape index (κ1) is 19.5. The first-order valence-corrected chi connectivity index (χ1v) is 9.26. The number of anilines is 1. The average Bonchev–Trinajstić information content (AvgIpc) is 2.66. The third-order valence-electron chi connectivity index (χ3n) is 4.40. The molecule has 5 nitrogen and oxygen atoms in total. The Morgan fingerprint density at radius 3 is 2.37 bits per heavy atom. The normalized spacial score (nSPS) is 14.7. The predicted octanol–water partition coefficient (Wildman–Crippen LogP) is 4.56.